The average molecular weight is 640 g/mol. The van der Waals surface area contributed by atoms with Gasteiger partial charge in [-0.15, -0.1) is 0 Å². The van der Waals surface area contributed by atoms with Gasteiger partial charge in [-0.3, -0.25) is 9.59 Å². The molecule has 0 fully saturated rings. The van der Waals surface area contributed by atoms with Gasteiger partial charge < -0.3 is 19.5 Å². The summed E-state index contributed by atoms with van der Waals surface area (Å²) in [7, 11) is 0. The standard InChI is InChI=1S/C39H77NO5/c1-6-9-17-25-36(26-18-10-7-2)29-35-44-37(42)27-19-13-11-15-21-31-40(33-23-24-34-41)32-22-16-12-14-20-28-38(43)45-39(4,5)30-8-3/h36,41H,6-35H2,1-5H3. The Labute approximate surface area is 280 Å². The molecule has 45 heavy (non-hydrogen) atoms. The summed E-state index contributed by atoms with van der Waals surface area (Å²) < 4.78 is 11.2. The van der Waals surface area contributed by atoms with Crippen LogP contribution in [0.1, 0.15) is 195 Å². The highest BCUT2D eigenvalue weighted by Gasteiger charge is 2.21. The Morgan fingerprint density at radius 2 is 1.09 bits per heavy atom. The molecule has 268 valence electrons. The van der Waals surface area contributed by atoms with Gasteiger partial charge in [-0.25, -0.2) is 0 Å². The average Bonchev–Trinajstić information content (AvgIpc) is 2.99. The molecule has 0 atom stereocenters. The SMILES string of the molecule is CCCCCC(CCCCC)CCOC(=O)CCCCCCCN(CCCCO)CCCCCCCC(=O)OC(C)(C)CCC. The maximum absolute atomic E-state index is 12.3. The molecule has 0 radical (unpaired) electrons. The van der Waals surface area contributed by atoms with E-state index in [1.807, 2.05) is 13.8 Å². The van der Waals surface area contributed by atoms with Crippen molar-refractivity contribution in [2.75, 3.05) is 32.8 Å². The van der Waals surface area contributed by atoms with E-state index in [9.17, 15) is 14.7 Å². The zero-order valence-corrected chi connectivity index (χ0v) is 30.8. The van der Waals surface area contributed by atoms with Gasteiger partial charge in [0.05, 0.1) is 6.61 Å². The minimum absolute atomic E-state index is 0.0122. The molecule has 6 heteroatoms. The van der Waals surface area contributed by atoms with E-state index in [1.54, 1.807) is 0 Å². The third-order valence-corrected chi connectivity index (χ3v) is 9.06. The fourth-order valence-electron chi connectivity index (χ4n) is 6.28. The number of carbonyl (C=O) groups is 2. The van der Waals surface area contributed by atoms with Crippen molar-refractivity contribution in [1.82, 2.24) is 4.90 Å². The second-order valence-corrected chi connectivity index (χ2v) is 14.2. The number of aliphatic hydroxyl groups excluding tert-OH is 1. The number of unbranched alkanes of at least 4 members (excludes halogenated alkanes) is 13. The lowest BCUT2D eigenvalue weighted by atomic mass is 9.92. The number of ether oxygens (including phenoxy) is 2. The molecular weight excluding hydrogens is 562 g/mol. The Morgan fingerprint density at radius 3 is 1.60 bits per heavy atom. The van der Waals surface area contributed by atoms with Crippen molar-refractivity contribution in [2.45, 2.75) is 201 Å². The lowest BCUT2D eigenvalue weighted by Gasteiger charge is -2.24. The Kier molecular flexibility index (Phi) is 30.7. The molecule has 0 bridgehead atoms. The van der Waals surface area contributed by atoms with Crippen LogP contribution < -0.4 is 0 Å². The summed E-state index contributed by atoms with van der Waals surface area (Å²) >= 11 is 0. The first-order chi connectivity index (χ1) is 21.8. The summed E-state index contributed by atoms with van der Waals surface area (Å²) in [5.41, 5.74) is -0.343. The number of rotatable bonds is 34. The van der Waals surface area contributed by atoms with E-state index in [-0.39, 0.29) is 24.1 Å². The summed E-state index contributed by atoms with van der Waals surface area (Å²) in [5.74, 6) is 0.643. The number of aliphatic hydroxyl groups is 1. The van der Waals surface area contributed by atoms with E-state index in [1.165, 1.54) is 83.5 Å². The normalized spacial score (nSPS) is 11.9. The number of carbonyl (C=O) groups excluding carboxylic acids is 2. The topological polar surface area (TPSA) is 76.1 Å². The van der Waals surface area contributed by atoms with E-state index < -0.39 is 0 Å². The van der Waals surface area contributed by atoms with Gasteiger partial charge in [-0.05, 0) is 90.8 Å². The van der Waals surface area contributed by atoms with Gasteiger partial charge in [-0.2, -0.15) is 0 Å². The summed E-state index contributed by atoms with van der Waals surface area (Å²) in [6, 6.07) is 0. The van der Waals surface area contributed by atoms with Crippen molar-refractivity contribution in [1.29, 1.82) is 0 Å². The number of nitrogens with zero attached hydrogens (tertiary/aromatic N) is 1. The van der Waals surface area contributed by atoms with Crippen molar-refractivity contribution in [3.05, 3.63) is 0 Å². The number of esters is 2. The van der Waals surface area contributed by atoms with Gasteiger partial charge in [0.2, 0.25) is 0 Å². The first-order valence-electron chi connectivity index (χ1n) is 19.5. The van der Waals surface area contributed by atoms with Crippen molar-refractivity contribution in [3.8, 4) is 0 Å². The predicted molar refractivity (Wildman–Crippen MR) is 191 cm³/mol. The highest BCUT2D eigenvalue weighted by atomic mass is 16.6. The minimum Gasteiger partial charge on any atom is -0.466 e. The molecule has 6 nitrogen and oxygen atoms in total. The highest BCUT2D eigenvalue weighted by molar-refractivity contribution is 5.69. The molecule has 0 unspecified atom stereocenters. The molecule has 0 saturated heterocycles. The molecule has 0 aromatic heterocycles. The third kappa shape index (κ3) is 30.0. The molecule has 0 aliphatic heterocycles. The molecule has 0 heterocycles. The van der Waals surface area contributed by atoms with Gasteiger partial charge >= 0.3 is 11.9 Å². The van der Waals surface area contributed by atoms with Crippen LogP contribution in [0.3, 0.4) is 0 Å². The molecule has 1 N–H and O–H groups in total. The smallest absolute Gasteiger partial charge is 0.306 e. The van der Waals surface area contributed by atoms with E-state index in [2.05, 4.69) is 25.7 Å². The third-order valence-electron chi connectivity index (χ3n) is 9.06. The summed E-state index contributed by atoms with van der Waals surface area (Å²) in [6.45, 7) is 14.8. The highest BCUT2D eigenvalue weighted by Crippen LogP contribution is 2.21. The largest absolute Gasteiger partial charge is 0.466 e. The molecule has 0 amide bonds. The van der Waals surface area contributed by atoms with Crippen LogP contribution in [0.15, 0.2) is 0 Å². The molecule has 0 saturated carbocycles. The molecule has 0 aromatic rings. The van der Waals surface area contributed by atoms with Crippen molar-refractivity contribution in [2.24, 2.45) is 5.92 Å². The van der Waals surface area contributed by atoms with E-state index in [0.29, 0.717) is 25.4 Å². The van der Waals surface area contributed by atoms with E-state index in [4.69, 9.17) is 9.47 Å². The molecule has 0 rings (SSSR count). The monoisotopic (exact) mass is 640 g/mol. The molecule has 0 aromatic carbocycles. The summed E-state index contributed by atoms with van der Waals surface area (Å²) in [4.78, 5) is 26.9. The Morgan fingerprint density at radius 1 is 0.600 bits per heavy atom. The van der Waals surface area contributed by atoms with Crippen molar-refractivity contribution in [3.63, 3.8) is 0 Å². The van der Waals surface area contributed by atoms with Gasteiger partial charge in [0.15, 0.2) is 0 Å². The van der Waals surface area contributed by atoms with Crippen LogP contribution in [-0.2, 0) is 19.1 Å². The molecular formula is C39H77NO5. The maximum atomic E-state index is 12.3. The van der Waals surface area contributed by atoms with Gasteiger partial charge in [0.1, 0.15) is 5.60 Å². The van der Waals surface area contributed by atoms with Crippen molar-refractivity contribution >= 4 is 11.9 Å². The second kappa shape index (κ2) is 31.5. The minimum atomic E-state index is -0.343. The zero-order valence-electron chi connectivity index (χ0n) is 30.8. The fraction of sp³-hybridized carbons (Fsp3) is 0.949. The maximum Gasteiger partial charge on any atom is 0.306 e. The van der Waals surface area contributed by atoms with Crippen LogP contribution in [0.5, 0.6) is 0 Å². The lowest BCUT2D eigenvalue weighted by molar-refractivity contribution is -0.157. The van der Waals surface area contributed by atoms with Gasteiger partial charge in [-0.1, -0.05) is 117 Å². The Bertz CT molecular complexity index is 658. The van der Waals surface area contributed by atoms with E-state index >= 15 is 0 Å². The van der Waals surface area contributed by atoms with Crippen LogP contribution in [0.25, 0.3) is 0 Å². The number of hydrogen-bond acceptors (Lipinski definition) is 6. The number of hydrogen-bond donors (Lipinski definition) is 1. The van der Waals surface area contributed by atoms with Crippen LogP contribution in [0.4, 0.5) is 0 Å². The first kappa shape index (κ1) is 43.9. The molecule has 0 aliphatic rings. The molecule has 0 aliphatic carbocycles. The van der Waals surface area contributed by atoms with Crippen LogP contribution in [0.2, 0.25) is 0 Å². The van der Waals surface area contributed by atoms with Crippen LogP contribution in [0, 0.1) is 5.92 Å². The second-order valence-electron chi connectivity index (χ2n) is 14.2. The van der Waals surface area contributed by atoms with Crippen LogP contribution >= 0.6 is 0 Å². The lowest BCUT2D eigenvalue weighted by Crippen LogP contribution is -2.27. The van der Waals surface area contributed by atoms with Gasteiger partial charge in [0.25, 0.3) is 0 Å². The zero-order chi connectivity index (χ0) is 33.4. The quantitative estimate of drug-likeness (QED) is 0.0558. The fourth-order valence-corrected chi connectivity index (χ4v) is 6.28. The van der Waals surface area contributed by atoms with E-state index in [0.717, 1.165) is 83.8 Å². The Hall–Kier alpha value is -1.14. The Balaban J connectivity index is 4.01. The van der Waals surface area contributed by atoms with Gasteiger partial charge in [0, 0.05) is 19.4 Å². The van der Waals surface area contributed by atoms with Crippen molar-refractivity contribution < 1.29 is 24.2 Å². The summed E-state index contributed by atoms with van der Waals surface area (Å²) in [6.07, 6.45) is 27.4. The van der Waals surface area contributed by atoms with Crippen LogP contribution in [-0.4, -0.2) is 60.4 Å². The molecule has 0 spiro atoms. The summed E-state index contributed by atoms with van der Waals surface area (Å²) in [5, 5.41) is 9.21. The first-order valence-corrected chi connectivity index (χ1v) is 19.5. The predicted octanol–water partition coefficient (Wildman–Crippen LogP) is 10.6.